The van der Waals surface area contributed by atoms with Crippen LogP contribution in [0.2, 0.25) is 0 Å². The second-order valence-corrected chi connectivity index (χ2v) is 5.40. The summed E-state index contributed by atoms with van der Waals surface area (Å²) in [4.78, 5) is 32.6. The molecule has 1 fully saturated rings. The number of rotatable bonds is 2. The summed E-state index contributed by atoms with van der Waals surface area (Å²) in [6.07, 6.45) is 3.23. The molecule has 2 aromatic rings. The summed E-state index contributed by atoms with van der Waals surface area (Å²) in [6.45, 7) is 2.87. The van der Waals surface area contributed by atoms with Gasteiger partial charge in [0, 0.05) is 31.6 Å². The first-order valence-electron chi connectivity index (χ1n) is 7.13. The molecule has 0 aliphatic carbocycles. The molecule has 1 saturated heterocycles. The van der Waals surface area contributed by atoms with Crippen molar-refractivity contribution in [3.05, 3.63) is 30.1 Å². The minimum absolute atomic E-state index is 0.00975. The van der Waals surface area contributed by atoms with Crippen molar-refractivity contribution >= 4 is 22.8 Å². The summed E-state index contributed by atoms with van der Waals surface area (Å²) in [5.41, 5.74) is 2.40. The lowest BCUT2D eigenvalue weighted by Crippen LogP contribution is -2.46. The number of imidazole rings is 1. The fourth-order valence-corrected chi connectivity index (χ4v) is 2.77. The first-order chi connectivity index (χ1) is 10.1. The fraction of sp³-hybridized carbons (Fsp3) is 0.400. The number of carbonyl (C=O) groups is 2. The number of fused-ring (bicyclic) bond motifs is 1. The van der Waals surface area contributed by atoms with E-state index in [2.05, 4.69) is 15.3 Å². The number of H-pyrrole nitrogens is 1. The van der Waals surface area contributed by atoms with Crippen LogP contribution in [-0.2, 0) is 4.79 Å². The smallest absolute Gasteiger partial charge is 0.253 e. The summed E-state index contributed by atoms with van der Waals surface area (Å²) in [6, 6.07) is 5.68. The summed E-state index contributed by atoms with van der Waals surface area (Å²) in [7, 11) is 0. The molecule has 0 saturated carbocycles. The van der Waals surface area contributed by atoms with Gasteiger partial charge in [-0.15, -0.1) is 0 Å². The zero-order valence-corrected chi connectivity index (χ0v) is 11.9. The Balaban J connectivity index is 1.67. The summed E-state index contributed by atoms with van der Waals surface area (Å²) in [5.74, 6) is 0.0252. The molecule has 2 heterocycles. The summed E-state index contributed by atoms with van der Waals surface area (Å²) >= 11 is 0. The van der Waals surface area contributed by atoms with Crippen molar-refractivity contribution in [3.63, 3.8) is 0 Å². The lowest BCUT2D eigenvalue weighted by molar-refractivity contribution is -0.119. The number of piperidine rings is 1. The van der Waals surface area contributed by atoms with Crippen molar-refractivity contribution in [2.75, 3.05) is 13.1 Å². The second kappa shape index (κ2) is 5.55. The minimum atomic E-state index is -0.00975. The Labute approximate surface area is 122 Å². The number of hydrogen-bond acceptors (Lipinski definition) is 3. The maximum atomic E-state index is 12.5. The van der Waals surface area contributed by atoms with E-state index in [1.54, 1.807) is 6.33 Å². The van der Waals surface area contributed by atoms with Gasteiger partial charge in [-0.2, -0.15) is 0 Å². The van der Waals surface area contributed by atoms with Gasteiger partial charge in [0.2, 0.25) is 5.91 Å². The SMILES string of the molecule is CC(=O)NC1CCN(C(=O)c2ccc3nc[nH]c3c2)CC1. The van der Waals surface area contributed by atoms with E-state index < -0.39 is 0 Å². The molecule has 2 N–H and O–H groups in total. The van der Waals surface area contributed by atoms with Gasteiger partial charge in [-0.05, 0) is 31.0 Å². The van der Waals surface area contributed by atoms with Gasteiger partial charge in [0.25, 0.3) is 5.91 Å². The highest BCUT2D eigenvalue weighted by molar-refractivity contribution is 5.97. The maximum absolute atomic E-state index is 12.5. The van der Waals surface area contributed by atoms with Crippen LogP contribution in [0.3, 0.4) is 0 Å². The zero-order valence-electron chi connectivity index (χ0n) is 11.9. The molecule has 3 rings (SSSR count). The first-order valence-corrected chi connectivity index (χ1v) is 7.13. The van der Waals surface area contributed by atoms with E-state index in [4.69, 9.17) is 0 Å². The molecule has 1 aromatic carbocycles. The van der Waals surface area contributed by atoms with Crippen LogP contribution < -0.4 is 5.32 Å². The van der Waals surface area contributed by atoms with Crippen LogP contribution in [0.5, 0.6) is 0 Å². The van der Waals surface area contributed by atoms with Crippen LogP contribution in [0.1, 0.15) is 30.1 Å². The topological polar surface area (TPSA) is 78.1 Å². The molecule has 6 nitrogen and oxygen atoms in total. The van der Waals surface area contributed by atoms with Crippen molar-refractivity contribution in [2.24, 2.45) is 0 Å². The van der Waals surface area contributed by atoms with Crippen molar-refractivity contribution in [1.82, 2.24) is 20.2 Å². The normalized spacial score (nSPS) is 16.1. The molecule has 0 radical (unpaired) electrons. The molecule has 0 atom stereocenters. The molecular weight excluding hydrogens is 268 g/mol. The zero-order chi connectivity index (χ0) is 14.8. The second-order valence-electron chi connectivity index (χ2n) is 5.40. The Morgan fingerprint density at radius 1 is 1.33 bits per heavy atom. The van der Waals surface area contributed by atoms with Gasteiger partial charge in [0.15, 0.2) is 0 Å². The van der Waals surface area contributed by atoms with E-state index >= 15 is 0 Å². The number of benzene rings is 1. The predicted molar refractivity (Wildman–Crippen MR) is 78.8 cm³/mol. The predicted octanol–water partition coefficient (Wildman–Crippen LogP) is 1.30. The number of nitrogens with zero attached hydrogens (tertiary/aromatic N) is 2. The third kappa shape index (κ3) is 2.89. The Bertz CT molecular complexity index is 671. The maximum Gasteiger partial charge on any atom is 0.253 e. The molecule has 2 amide bonds. The Hall–Kier alpha value is -2.37. The number of nitrogens with one attached hydrogen (secondary N) is 2. The molecule has 21 heavy (non-hydrogen) atoms. The van der Waals surface area contributed by atoms with E-state index in [0.717, 1.165) is 23.9 Å². The number of likely N-dealkylation sites (tertiary alicyclic amines) is 1. The lowest BCUT2D eigenvalue weighted by Gasteiger charge is -2.32. The number of hydrogen-bond donors (Lipinski definition) is 2. The molecule has 1 aliphatic rings. The van der Waals surface area contributed by atoms with Crippen LogP contribution >= 0.6 is 0 Å². The van der Waals surface area contributed by atoms with Crippen LogP contribution in [0.25, 0.3) is 11.0 Å². The van der Waals surface area contributed by atoms with Gasteiger partial charge < -0.3 is 15.2 Å². The first kappa shape index (κ1) is 13.6. The van der Waals surface area contributed by atoms with E-state index in [0.29, 0.717) is 18.7 Å². The molecule has 0 unspecified atom stereocenters. The minimum Gasteiger partial charge on any atom is -0.353 e. The van der Waals surface area contributed by atoms with Crippen molar-refractivity contribution in [3.8, 4) is 0 Å². The highest BCUT2D eigenvalue weighted by Gasteiger charge is 2.24. The third-order valence-electron chi connectivity index (χ3n) is 3.86. The van der Waals surface area contributed by atoms with Crippen LogP contribution in [0, 0.1) is 0 Å². The van der Waals surface area contributed by atoms with Crippen molar-refractivity contribution < 1.29 is 9.59 Å². The number of aromatic amines is 1. The van der Waals surface area contributed by atoms with Crippen LogP contribution in [0.4, 0.5) is 0 Å². The van der Waals surface area contributed by atoms with Gasteiger partial charge in [0.1, 0.15) is 0 Å². The number of carbonyl (C=O) groups excluding carboxylic acids is 2. The third-order valence-corrected chi connectivity index (χ3v) is 3.86. The van der Waals surface area contributed by atoms with Gasteiger partial charge in [-0.1, -0.05) is 0 Å². The quantitative estimate of drug-likeness (QED) is 0.873. The van der Waals surface area contributed by atoms with E-state index in [1.165, 1.54) is 6.92 Å². The van der Waals surface area contributed by atoms with Crippen LogP contribution in [0.15, 0.2) is 24.5 Å². The largest absolute Gasteiger partial charge is 0.353 e. The van der Waals surface area contributed by atoms with E-state index in [9.17, 15) is 9.59 Å². The highest BCUT2D eigenvalue weighted by Crippen LogP contribution is 2.17. The highest BCUT2D eigenvalue weighted by atomic mass is 16.2. The van der Waals surface area contributed by atoms with Gasteiger partial charge in [0.05, 0.1) is 17.4 Å². The average Bonchev–Trinajstić information content (AvgIpc) is 2.94. The summed E-state index contributed by atoms with van der Waals surface area (Å²) in [5, 5.41) is 2.91. The summed E-state index contributed by atoms with van der Waals surface area (Å²) < 4.78 is 0. The molecular formula is C15H18N4O2. The standard InChI is InChI=1S/C15H18N4O2/c1-10(20)18-12-4-6-19(7-5-12)15(21)11-2-3-13-14(8-11)17-9-16-13/h2-3,8-9,12H,4-7H2,1H3,(H,16,17)(H,18,20). The lowest BCUT2D eigenvalue weighted by atomic mass is 10.0. The molecule has 6 heteroatoms. The Kier molecular flexibility index (Phi) is 3.60. The molecule has 1 aliphatic heterocycles. The number of aromatic nitrogens is 2. The molecule has 110 valence electrons. The van der Waals surface area contributed by atoms with E-state index in [-0.39, 0.29) is 17.9 Å². The Morgan fingerprint density at radius 3 is 2.81 bits per heavy atom. The number of amides is 2. The van der Waals surface area contributed by atoms with E-state index in [1.807, 2.05) is 23.1 Å². The van der Waals surface area contributed by atoms with Crippen LogP contribution in [-0.4, -0.2) is 45.8 Å². The average molecular weight is 286 g/mol. The van der Waals surface area contributed by atoms with Crippen molar-refractivity contribution in [1.29, 1.82) is 0 Å². The molecule has 1 aromatic heterocycles. The molecule has 0 spiro atoms. The van der Waals surface area contributed by atoms with Gasteiger partial charge in [-0.25, -0.2) is 4.98 Å². The van der Waals surface area contributed by atoms with Crippen molar-refractivity contribution in [2.45, 2.75) is 25.8 Å². The monoisotopic (exact) mass is 286 g/mol. The molecule has 0 bridgehead atoms. The van der Waals surface area contributed by atoms with Gasteiger partial charge in [-0.3, -0.25) is 9.59 Å². The fourth-order valence-electron chi connectivity index (χ4n) is 2.77. The Morgan fingerprint density at radius 2 is 2.10 bits per heavy atom. The van der Waals surface area contributed by atoms with Gasteiger partial charge >= 0.3 is 0 Å².